The Balaban J connectivity index is 2.53. The first kappa shape index (κ1) is 11.4. The van der Waals surface area contributed by atoms with Crippen molar-refractivity contribution in [3.63, 3.8) is 0 Å². The summed E-state index contributed by atoms with van der Waals surface area (Å²) in [5.41, 5.74) is 0. The zero-order valence-corrected chi connectivity index (χ0v) is 8.14. The molecule has 1 aliphatic heterocycles. The van der Waals surface area contributed by atoms with Crippen LogP contribution in [0.15, 0.2) is 0 Å². The van der Waals surface area contributed by atoms with E-state index in [-0.39, 0.29) is 25.1 Å². The number of imide groups is 1. The van der Waals surface area contributed by atoms with Gasteiger partial charge in [0.1, 0.15) is 12.2 Å². The lowest BCUT2D eigenvalue weighted by Crippen LogP contribution is -2.22. The van der Waals surface area contributed by atoms with Gasteiger partial charge < -0.3 is 0 Å². The normalized spacial score (nSPS) is 17.9. The molecule has 7 nitrogen and oxygen atoms in total. The van der Waals surface area contributed by atoms with Crippen LogP contribution in [0.4, 0.5) is 4.53 Å². The highest BCUT2D eigenvalue weighted by Gasteiger charge is 2.32. The average molecular weight is 245 g/mol. The molecule has 0 N–H and O–H groups in total. The number of hydrogen-bond donors (Lipinski definition) is 0. The van der Waals surface area contributed by atoms with Crippen molar-refractivity contribution in [3.8, 4) is 0 Å². The van der Waals surface area contributed by atoms with E-state index in [9.17, 15) is 22.5 Å². The summed E-state index contributed by atoms with van der Waals surface area (Å²) in [4.78, 5) is 21.7. The Hall–Kier alpha value is -0.710. The van der Waals surface area contributed by atoms with E-state index in [0.29, 0.717) is 4.31 Å². The lowest BCUT2D eigenvalue weighted by atomic mass is 10.4. The maximum absolute atomic E-state index is 11.2. The molecule has 1 aliphatic rings. The zero-order chi connectivity index (χ0) is 10.8. The van der Waals surface area contributed by atoms with Crippen molar-refractivity contribution in [2.45, 2.75) is 12.8 Å². The highest BCUT2D eigenvalue weighted by atomic mass is 32.3. The van der Waals surface area contributed by atoms with Gasteiger partial charge in [-0.3, -0.25) is 9.59 Å². The van der Waals surface area contributed by atoms with Crippen molar-refractivity contribution in [2.24, 2.45) is 0 Å². The second-order valence-corrected chi connectivity index (χ2v) is 4.20. The summed E-state index contributed by atoms with van der Waals surface area (Å²) >= 11 is -0.0869. The molecule has 0 bridgehead atoms. The van der Waals surface area contributed by atoms with Crippen molar-refractivity contribution in [2.75, 3.05) is 0 Å². The Kier molecular flexibility index (Phi) is 3.42. The van der Waals surface area contributed by atoms with Crippen LogP contribution < -0.4 is 0 Å². The first-order valence-electron chi connectivity index (χ1n) is 3.23. The van der Waals surface area contributed by atoms with Crippen LogP contribution in [-0.4, -0.2) is 24.5 Å². The number of carbonyl (C=O) groups is 2. The fourth-order valence-electron chi connectivity index (χ4n) is 0.717. The minimum atomic E-state index is -4.80. The van der Waals surface area contributed by atoms with Gasteiger partial charge in [-0.05, 0) is 8.91 Å². The molecular formula is C4H4FNO6S2. The minimum Gasteiger partial charge on any atom is -0.273 e. The lowest BCUT2D eigenvalue weighted by Gasteiger charge is -2.08. The maximum atomic E-state index is 11.2. The number of nitrogens with zero attached hydrogens (tertiary/aromatic N) is 1. The Bertz CT molecular complexity index is 337. The van der Waals surface area contributed by atoms with E-state index in [4.69, 9.17) is 0 Å². The quantitative estimate of drug-likeness (QED) is 0.387. The number of rotatable bonds is 4. The summed E-state index contributed by atoms with van der Waals surface area (Å²) in [5.74, 6) is -1.21. The lowest BCUT2D eigenvalue weighted by molar-refractivity contribution is -0.132. The van der Waals surface area contributed by atoms with E-state index in [2.05, 4.69) is 8.02 Å². The molecule has 0 unspecified atom stereocenters. The summed E-state index contributed by atoms with van der Waals surface area (Å²) in [6.07, 6.45) is -0.0442. The van der Waals surface area contributed by atoms with Crippen LogP contribution in [0.25, 0.3) is 0 Å². The van der Waals surface area contributed by atoms with Crippen LogP contribution in [0.5, 0.6) is 0 Å². The van der Waals surface area contributed by atoms with Crippen molar-refractivity contribution in [3.05, 3.63) is 0 Å². The van der Waals surface area contributed by atoms with E-state index in [1.807, 2.05) is 0 Å². The molecule has 0 aromatic rings. The maximum Gasteiger partial charge on any atom is 0.443 e. The van der Waals surface area contributed by atoms with Gasteiger partial charge in [0.05, 0.1) is 0 Å². The standard InChI is InChI=1S/C4H4FNO6S2/c5-11-14(9,10)12-13-6-3(7)1-2-4(6)8/h1-2H2. The molecule has 0 aromatic heterocycles. The summed E-state index contributed by atoms with van der Waals surface area (Å²) in [6.45, 7) is 0. The molecule has 1 rings (SSSR count). The Morgan fingerprint density at radius 1 is 1.29 bits per heavy atom. The molecule has 0 radical (unpaired) electrons. The van der Waals surface area contributed by atoms with Crippen LogP contribution >= 0.6 is 12.2 Å². The Morgan fingerprint density at radius 3 is 2.21 bits per heavy atom. The Labute approximate surface area is 82.7 Å². The largest absolute Gasteiger partial charge is 0.443 e. The van der Waals surface area contributed by atoms with Crippen LogP contribution in [0.3, 0.4) is 0 Å². The van der Waals surface area contributed by atoms with E-state index in [1.165, 1.54) is 0 Å². The van der Waals surface area contributed by atoms with Gasteiger partial charge >= 0.3 is 10.4 Å². The molecule has 1 saturated heterocycles. The molecule has 14 heavy (non-hydrogen) atoms. The van der Waals surface area contributed by atoms with Gasteiger partial charge in [0.25, 0.3) is 0 Å². The molecule has 2 amide bonds. The van der Waals surface area contributed by atoms with Gasteiger partial charge in [0, 0.05) is 12.8 Å². The summed E-state index contributed by atoms with van der Waals surface area (Å²) < 4.78 is 38.5. The van der Waals surface area contributed by atoms with Gasteiger partial charge in [-0.15, -0.1) is 0 Å². The van der Waals surface area contributed by atoms with Gasteiger partial charge in [-0.2, -0.15) is 16.4 Å². The van der Waals surface area contributed by atoms with Gasteiger partial charge in [0.15, 0.2) is 0 Å². The molecule has 0 atom stereocenters. The van der Waals surface area contributed by atoms with E-state index in [1.54, 1.807) is 0 Å². The van der Waals surface area contributed by atoms with Crippen molar-refractivity contribution < 1.29 is 30.6 Å². The molecule has 10 heteroatoms. The van der Waals surface area contributed by atoms with Gasteiger partial charge in [-0.1, -0.05) is 0 Å². The number of halogens is 1. The fourth-order valence-corrected chi connectivity index (χ4v) is 1.69. The Morgan fingerprint density at radius 2 is 1.79 bits per heavy atom. The van der Waals surface area contributed by atoms with Crippen molar-refractivity contribution in [1.82, 2.24) is 4.31 Å². The highest BCUT2D eigenvalue weighted by molar-refractivity contribution is 8.02. The highest BCUT2D eigenvalue weighted by Crippen LogP contribution is 2.24. The second kappa shape index (κ2) is 4.21. The van der Waals surface area contributed by atoms with Gasteiger partial charge in [0.2, 0.25) is 11.8 Å². The molecule has 0 spiro atoms. The van der Waals surface area contributed by atoms with Crippen LogP contribution in [0.1, 0.15) is 12.8 Å². The van der Waals surface area contributed by atoms with Crippen molar-refractivity contribution >= 4 is 34.4 Å². The number of amides is 2. The third-order valence-electron chi connectivity index (χ3n) is 1.27. The zero-order valence-electron chi connectivity index (χ0n) is 6.51. The van der Waals surface area contributed by atoms with E-state index < -0.39 is 22.2 Å². The van der Waals surface area contributed by atoms with Crippen molar-refractivity contribution in [1.29, 1.82) is 0 Å². The topological polar surface area (TPSA) is 90.0 Å². The third-order valence-corrected chi connectivity index (χ3v) is 2.89. The third kappa shape index (κ3) is 2.64. The summed E-state index contributed by atoms with van der Waals surface area (Å²) in [7, 11) is -4.80. The molecule has 0 aliphatic carbocycles. The van der Waals surface area contributed by atoms with Gasteiger partial charge in [-0.25, -0.2) is 0 Å². The monoisotopic (exact) mass is 245 g/mol. The minimum absolute atomic E-state index is 0.0221. The molecule has 1 fully saturated rings. The molecule has 80 valence electrons. The number of carbonyl (C=O) groups excluding carboxylic acids is 2. The first-order chi connectivity index (χ1) is 6.46. The van der Waals surface area contributed by atoms with Crippen LogP contribution in [0.2, 0.25) is 0 Å². The summed E-state index contributed by atoms with van der Waals surface area (Å²) in [6, 6.07) is 0. The fraction of sp³-hybridized carbons (Fsp3) is 0.500. The molecule has 1 heterocycles. The summed E-state index contributed by atoms with van der Waals surface area (Å²) in [5, 5.41) is 0. The number of hydrogen-bond acceptors (Lipinski definition) is 7. The van der Waals surface area contributed by atoms with Crippen LogP contribution in [0, 0.1) is 0 Å². The van der Waals surface area contributed by atoms with E-state index in [0.717, 1.165) is 0 Å². The molecule has 0 saturated carbocycles. The average Bonchev–Trinajstić information content (AvgIpc) is 2.44. The predicted molar refractivity (Wildman–Crippen MR) is 40.9 cm³/mol. The molecular weight excluding hydrogens is 241 g/mol. The molecule has 0 aromatic carbocycles. The first-order valence-corrected chi connectivity index (χ1v) is 5.26. The van der Waals surface area contributed by atoms with E-state index >= 15 is 0 Å². The second-order valence-electron chi connectivity index (χ2n) is 2.20. The smallest absolute Gasteiger partial charge is 0.273 e. The van der Waals surface area contributed by atoms with Crippen LogP contribution in [-0.2, 0) is 28.0 Å². The predicted octanol–water partition coefficient (Wildman–Crippen LogP) is -0.139. The SMILES string of the molecule is O=C1CCC(=O)N1SOS(=O)(=O)OF.